The lowest BCUT2D eigenvalue weighted by atomic mass is 10.3. The number of hydrogen-bond acceptors (Lipinski definition) is 3. The highest BCUT2D eigenvalue weighted by atomic mass is 32.2. The molecule has 1 saturated heterocycles. The number of hydrogen-bond donors (Lipinski definition) is 2. The Morgan fingerprint density at radius 1 is 1.24 bits per heavy atom. The lowest BCUT2D eigenvalue weighted by molar-refractivity contribution is -0.902. The smallest absolute Gasteiger partial charge is 0.243 e. The van der Waals surface area contributed by atoms with Crippen LogP contribution in [0.25, 0.3) is 0 Å². The van der Waals surface area contributed by atoms with Gasteiger partial charge in [-0.1, -0.05) is 18.2 Å². The first-order chi connectivity index (χ1) is 10.00. The first-order valence-corrected chi connectivity index (χ1v) is 8.57. The minimum Gasteiger partial charge on any atom is -0.351 e. The monoisotopic (exact) mass is 312 g/mol. The van der Waals surface area contributed by atoms with Crippen molar-refractivity contribution in [2.75, 3.05) is 39.3 Å². The fourth-order valence-electron chi connectivity index (χ4n) is 2.45. The molecule has 0 bridgehead atoms. The molecule has 7 heteroatoms. The van der Waals surface area contributed by atoms with E-state index in [-0.39, 0.29) is 5.91 Å². The van der Waals surface area contributed by atoms with Gasteiger partial charge in [0, 0.05) is 6.92 Å². The number of carbonyl (C=O) groups excluding carboxylic acids is 1. The lowest BCUT2D eigenvalue weighted by Gasteiger charge is -2.31. The number of nitrogens with zero attached hydrogens (tertiary/aromatic N) is 1. The number of sulfonamides is 1. The molecule has 0 saturated carbocycles. The van der Waals surface area contributed by atoms with Crippen molar-refractivity contribution in [1.82, 2.24) is 9.62 Å². The molecule has 6 nitrogen and oxygen atoms in total. The zero-order chi connectivity index (χ0) is 15.3. The zero-order valence-corrected chi connectivity index (χ0v) is 13.0. The molecule has 0 spiro atoms. The highest BCUT2D eigenvalue weighted by Gasteiger charge is 2.29. The molecule has 0 radical (unpaired) electrons. The van der Waals surface area contributed by atoms with E-state index in [2.05, 4.69) is 5.32 Å². The second-order valence-corrected chi connectivity index (χ2v) is 7.14. The SMILES string of the molecule is CC(=O)NCC[NH+]1CCN(S(=O)(=O)c2ccccc2)CC1. The van der Waals surface area contributed by atoms with Crippen LogP contribution in [0.15, 0.2) is 35.2 Å². The predicted molar refractivity (Wildman–Crippen MR) is 79.4 cm³/mol. The second kappa shape index (κ2) is 7.02. The summed E-state index contributed by atoms with van der Waals surface area (Å²) in [6, 6.07) is 8.55. The van der Waals surface area contributed by atoms with E-state index in [9.17, 15) is 13.2 Å². The van der Waals surface area contributed by atoms with E-state index in [1.807, 2.05) is 6.07 Å². The predicted octanol–water partition coefficient (Wildman–Crippen LogP) is -1.29. The number of carbonyl (C=O) groups is 1. The van der Waals surface area contributed by atoms with Crippen LogP contribution in [0.2, 0.25) is 0 Å². The van der Waals surface area contributed by atoms with Crippen LogP contribution in [0.3, 0.4) is 0 Å². The lowest BCUT2D eigenvalue weighted by Crippen LogP contribution is -3.15. The van der Waals surface area contributed by atoms with Gasteiger partial charge in [0.05, 0.1) is 44.2 Å². The van der Waals surface area contributed by atoms with E-state index in [4.69, 9.17) is 0 Å². The van der Waals surface area contributed by atoms with E-state index >= 15 is 0 Å². The standard InChI is InChI=1S/C14H21N3O3S/c1-13(18)15-7-8-16-9-11-17(12-10-16)21(19,20)14-5-3-2-4-6-14/h2-6H,7-12H2,1H3,(H,15,18)/p+1. The Balaban J connectivity index is 1.88. The van der Waals surface area contributed by atoms with Crippen LogP contribution in [-0.4, -0.2) is 57.9 Å². The largest absolute Gasteiger partial charge is 0.351 e. The molecule has 2 rings (SSSR count). The molecule has 0 atom stereocenters. The first kappa shape index (κ1) is 15.9. The Morgan fingerprint density at radius 3 is 2.43 bits per heavy atom. The molecular weight excluding hydrogens is 290 g/mol. The van der Waals surface area contributed by atoms with Crippen LogP contribution in [0.1, 0.15) is 6.92 Å². The molecule has 2 N–H and O–H groups in total. The van der Waals surface area contributed by atoms with Gasteiger partial charge in [0.1, 0.15) is 0 Å². The summed E-state index contributed by atoms with van der Waals surface area (Å²) >= 11 is 0. The van der Waals surface area contributed by atoms with Crippen molar-refractivity contribution < 1.29 is 18.1 Å². The number of benzene rings is 1. The van der Waals surface area contributed by atoms with Crippen molar-refractivity contribution in [3.05, 3.63) is 30.3 Å². The molecular formula is C14H22N3O3S+. The summed E-state index contributed by atoms with van der Waals surface area (Å²) in [5.41, 5.74) is 0. The molecule has 1 aliphatic rings. The first-order valence-electron chi connectivity index (χ1n) is 7.13. The maximum Gasteiger partial charge on any atom is 0.243 e. The molecule has 1 aromatic carbocycles. The molecule has 21 heavy (non-hydrogen) atoms. The maximum atomic E-state index is 12.5. The van der Waals surface area contributed by atoms with Crippen molar-refractivity contribution in [3.63, 3.8) is 0 Å². The average molecular weight is 312 g/mol. The van der Waals surface area contributed by atoms with Gasteiger partial charge in [0.2, 0.25) is 15.9 Å². The molecule has 0 aromatic heterocycles. The quantitative estimate of drug-likeness (QED) is 0.711. The van der Waals surface area contributed by atoms with Gasteiger partial charge < -0.3 is 10.2 Å². The average Bonchev–Trinajstić information content (AvgIpc) is 2.48. The van der Waals surface area contributed by atoms with E-state index in [0.717, 1.165) is 19.6 Å². The fourth-order valence-corrected chi connectivity index (χ4v) is 3.91. The number of piperazine rings is 1. The summed E-state index contributed by atoms with van der Waals surface area (Å²) in [6.07, 6.45) is 0. The minimum absolute atomic E-state index is 0.0281. The van der Waals surface area contributed by atoms with Gasteiger partial charge in [-0.3, -0.25) is 4.79 Å². The Morgan fingerprint density at radius 2 is 1.86 bits per heavy atom. The Kier molecular flexibility index (Phi) is 5.33. The van der Waals surface area contributed by atoms with Crippen LogP contribution in [0.4, 0.5) is 0 Å². The molecule has 1 amide bonds. The van der Waals surface area contributed by atoms with Gasteiger partial charge in [-0.05, 0) is 12.1 Å². The maximum absolute atomic E-state index is 12.5. The highest BCUT2D eigenvalue weighted by Crippen LogP contribution is 2.14. The van der Waals surface area contributed by atoms with Gasteiger partial charge in [0.25, 0.3) is 0 Å². The van der Waals surface area contributed by atoms with E-state index < -0.39 is 10.0 Å². The minimum atomic E-state index is -3.37. The summed E-state index contributed by atoms with van der Waals surface area (Å²) in [5.74, 6) is -0.0281. The topological polar surface area (TPSA) is 70.9 Å². The number of nitrogens with one attached hydrogen (secondary N) is 2. The van der Waals surface area contributed by atoms with Gasteiger partial charge in [0.15, 0.2) is 0 Å². The van der Waals surface area contributed by atoms with Crippen molar-refractivity contribution in [2.24, 2.45) is 0 Å². The van der Waals surface area contributed by atoms with E-state index in [1.165, 1.54) is 11.8 Å². The third-order valence-corrected chi connectivity index (χ3v) is 5.58. The summed E-state index contributed by atoms with van der Waals surface area (Å²) < 4.78 is 26.5. The summed E-state index contributed by atoms with van der Waals surface area (Å²) in [6.45, 7) is 5.55. The van der Waals surface area contributed by atoms with Crippen LogP contribution in [0, 0.1) is 0 Å². The van der Waals surface area contributed by atoms with Gasteiger partial charge >= 0.3 is 0 Å². The number of quaternary nitrogens is 1. The van der Waals surface area contributed by atoms with E-state index in [0.29, 0.717) is 24.5 Å². The highest BCUT2D eigenvalue weighted by molar-refractivity contribution is 7.89. The van der Waals surface area contributed by atoms with Crippen molar-refractivity contribution in [1.29, 1.82) is 0 Å². The second-order valence-electron chi connectivity index (χ2n) is 5.20. The molecule has 1 aromatic rings. The normalized spacial score (nSPS) is 17.6. The van der Waals surface area contributed by atoms with Gasteiger partial charge in [-0.2, -0.15) is 4.31 Å². The van der Waals surface area contributed by atoms with Crippen molar-refractivity contribution in [3.8, 4) is 0 Å². The third kappa shape index (κ3) is 4.26. The van der Waals surface area contributed by atoms with Crippen molar-refractivity contribution >= 4 is 15.9 Å². The summed E-state index contributed by atoms with van der Waals surface area (Å²) in [4.78, 5) is 12.5. The van der Waals surface area contributed by atoms with E-state index in [1.54, 1.807) is 28.6 Å². The number of amides is 1. The van der Waals surface area contributed by atoms with Gasteiger partial charge in [-0.25, -0.2) is 8.42 Å². The summed E-state index contributed by atoms with van der Waals surface area (Å²) in [5, 5.41) is 2.77. The van der Waals surface area contributed by atoms with Crippen LogP contribution >= 0.6 is 0 Å². The molecule has 1 heterocycles. The Bertz CT molecular complexity index is 566. The van der Waals surface area contributed by atoms with Crippen LogP contribution in [-0.2, 0) is 14.8 Å². The molecule has 0 aliphatic carbocycles. The molecule has 1 fully saturated rings. The third-order valence-electron chi connectivity index (χ3n) is 3.66. The molecule has 1 aliphatic heterocycles. The van der Waals surface area contributed by atoms with Crippen molar-refractivity contribution in [2.45, 2.75) is 11.8 Å². The molecule has 0 unspecified atom stereocenters. The van der Waals surface area contributed by atoms with Crippen LogP contribution < -0.4 is 10.2 Å². The zero-order valence-electron chi connectivity index (χ0n) is 12.2. The van der Waals surface area contributed by atoms with Gasteiger partial charge in [-0.15, -0.1) is 0 Å². The summed E-state index contributed by atoms with van der Waals surface area (Å²) in [7, 11) is -3.37. The number of rotatable bonds is 5. The molecule has 116 valence electrons. The Labute approximate surface area is 125 Å². The Hall–Kier alpha value is -1.44. The van der Waals surface area contributed by atoms with Crippen LogP contribution in [0.5, 0.6) is 0 Å². The fraction of sp³-hybridized carbons (Fsp3) is 0.500.